The van der Waals surface area contributed by atoms with Gasteiger partial charge in [0.1, 0.15) is 0 Å². The maximum absolute atomic E-state index is 8.11. The highest BCUT2D eigenvalue weighted by atomic mass is 16.6. The summed E-state index contributed by atoms with van der Waals surface area (Å²) in [6.45, 7) is 3.68. The Balaban J connectivity index is 0. The number of hydrogen-bond acceptors (Lipinski definition) is 5. The average Bonchev–Trinajstić information content (AvgIpc) is 2.02. The van der Waals surface area contributed by atoms with E-state index in [4.69, 9.17) is 20.3 Å². The van der Waals surface area contributed by atoms with Crippen molar-refractivity contribution in [2.75, 3.05) is 13.2 Å². The molecule has 0 aromatic rings. The van der Waals surface area contributed by atoms with E-state index in [9.17, 15) is 0 Å². The Morgan fingerprint density at radius 3 is 1.92 bits per heavy atom. The zero-order valence-corrected chi connectivity index (χ0v) is 7.47. The van der Waals surface area contributed by atoms with Crippen LogP contribution in [0.2, 0.25) is 0 Å². The van der Waals surface area contributed by atoms with Gasteiger partial charge in [0.05, 0.1) is 12.7 Å². The summed E-state index contributed by atoms with van der Waals surface area (Å²) in [5, 5.41) is 32.0. The molecule has 0 fully saturated rings. The second-order valence-electron chi connectivity index (χ2n) is 2.23. The highest BCUT2D eigenvalue weighted by Gasteiger charge is 2.04. The Morgan fingerprint density at radius 1 is 1.42 bits per heavy atom. The highest BCUT2D eigenvalue weighted by Crippen LogP contribution is 1.78. The van der Waals surface area contributed by atoms with Crippen molar-refractivity contribution in [2.24, 2.45) is 0 Å². The normalized spacial score (nSPS) is 11.5. The third-order valence-electron chi connectivity index (χ3n) is 0.735. The molecule has 0 amide bonds. The lowest BCUT2D eigenvalue weighted by molar-refractivity contribution is 0.110. The third-order valence-corrected chi connectivity index (χ3v) is 0.735. The zero-order valence-electron chi connectivity index (χ0n) is 7.47. The summed E-state index contributed by atoms with van der Waals surface area (Å²) in [6.07, 6.45) is 0.243. The fraction of sp³-hybridized carbons (Fsp3) is 1.00. The van der Waals surface area contributed by atoms with Crippen LogP contribution < -0.4 is 0 Å². The number of rotatable bonds is 4. The quantitative estimate of drug-likeness (QED) is 0.405. The Labute approximate surface area is 72.8 Å². The molecule has 0 bridgehead atoms. The van der Waals surface area contributed by atoms with Gasteiger partial charge in [0.15, 0.2) is 0 Å². The molecule has 0 aliphatic carbocycles. The van der Waals surface area contributed by atoms with Crippen LogP contribution in [0.4, 0.5) is 0 Å². The van der Waals surface area contributed by atoms with Gasteiger partial charge in [-0.3, -0.25) is 0 Å². The van der Waals surface area contributed by atoms with Gasteiger partial charge in [0.2, 0.25) is 0 Å². The van der Waals surface area contributed by atoms with Crippen LogP contribution in [0.3, 0.4) is 0 Å². The van der Waals surface area contributed by atoms with E-state index in [2.05, 4.69) is 4.65 Å². The molecular weight excluding hydrogens is 163 g/mol. The topological polar surface area (TPSA) is 90.2 Å². The van der Waals surface area contributed by atoms with E-state index in [0.29, 0.717) is 6.61 Å². The smallest absolute Gasteiger partial charge is 0.402 e. The van der Waals surface area contributed by atoms with Crippen LogP contribution in [0, 0.1) is 0 Å². The minimum Gasteiger partial charge on any atom is -0.402 e. The fourth-order valence-corrected chi connectivity index (χ4v) is 0.223. The summed E-state index contributed by atoms with van der Waals surface area (Å²) < 4.78 is 4.30. The molecule has 74 valence electrons. The van der Waals surface area contributed by atoms with Crippen molar-refractivity contribution in [3.8, 4) is 0 Å². The largest absolute Gasteiger partial charge is 0.633 e. The minimum absolute atomic E-state index is 0.139. The second-order valence-corrected chi connectivity index (χ2v) is 2.23. The highest BCUT2D eigenvalue weighted by molar-refractivity contribution is 6.32. The van der Waals surface area contributed by atoms with Gasteiger partial charge in [-0.2, -0.15) is 0 Å². The molecule has 12 heavy (non-hydrogen) atoms. The molecule has 5 nitrogen and oxygen atoms in total. The van der Waals surface area contributed by atoms with Gasteiger partial charge in [0.25, 0.3) is 0 Å². The van der Waals surface area contributed by atoms with Gasteiger partial charge in [-0.1, -0.05) is 6.92 Å². The summed E-state index contributed by atoms with van der Waals surface area (Å²) in [5.74, 6) is 0. The SMILES string of the molecule is CC(O)CO.CCCOB(O)O. The van der Waals surface area contributed by atoms with Crippen LogP contribution in [0.5, 0.6) is 0 Å². The van der Waals surface area contributed by atoms with Crippen molar-refractivity contribution in [3.63, 3.8) is 0 Å². The van der Waals surface area contributed by atoms with Gasteiger partial charge in [-0.25, -0.2) is 0 Å². The molecule has 0 aromatic carbocycles. The van der Waals surface area contributed by atoms with Crippen molar-refractivity contribution >= 4 is 7.32 Å². The van der Waals surface area contributed by atoms with Crippen molar-refractivity contribution in [2.45, 2.75) is 26.4 Å². The summed E-state index contributed by atoms with van der Waals surface area (Å²) in [5.41, 5.74) is 0. The van der Waals surface area contributed by atoms with Gasteiger partial charge in [-0.05, 0) is 13.3 Å². The van der Waals surface area contributed by atoms with Crippen molar-refractivity contribution in [3.05, 3.63) is 0 Å². The zero-order chi connectivity index (χ0) is 9.98. The first-order chi connectivity index (χ1) is 5.54. The molecule has 1 unspecified atom stereocenters. The minimum atomic E-state index is -1.60. The number of aliphatic hydroxyl groups is 2. The molecule has 0 radical (unpaired) electrons. The molecular formula is C6H17BO5. The summed E-state index contributed by atoms with van der Waals surface area (Å²) >= 11 is 0. The lowest BCUT2D eigenvalue weighted by Crippen LogP contribution is -2.16. The summed E-state index contributed by atoms with van der Waals surface area (Å²) in [4.78, 5) is 0. The molecule has 0 aliphatic rings. The van der Waals surface area contributed by atoms with Crippen molar-refractivity contribution in [1.29, 1.82) is 0 Å². The van der Waals surface area contributed by atoms with E-state index in [-0.39, 0.29) is 6.61 Å². The Bertz CT molecular complexity index is 78.3. The van der Waals surface area contributed by atoms with E-state index in [0.717, 1.165) is 6.42 Å². The van der Waals surface area contributed by atoms with E-state index < -0.39 is 13.4 Å². The van der Waals surface area contributed by atoms with Crippen LogP contribution in [-0.4, -0.2) is 46.9 Å². The predicted octanol–water partition coefficient (Wildman–Crippen LogP) is -1.26. The Morgan fingerprint density at radius 2 is 1.83 bits per heavy atom. The monoisotopic (exact) mass is 180 g/mol. The lowest BCUT2D eigenvalue weighted by atomic mass is 10.3. The number of aliphatic hydroxyl groups excluding tert-OH is 2. The third kappa shape index (κ3) is 22.5. The predicted molar refractivity (Wildman–Crippen MR) is 45.2 cm³/mol. The van der Waals surface area contributed by atoms with E-state index >= 15 is 0 Å². The van der Waals surface area contributed by atoms with Crippen LogP contribution in [0.15, 0.2) is 0 Å². The first-order valence-corrected chi connectivity index (χ1v) is 3.81. The van der Waals surface area contributed by atoms with Crippen LogP contribution in [-0.2, 0) is 4.65 Å². The first-order valence-electron chi connectivity index (χ1n) is 3.81. The van der Waals surface area contributed by atoms with Crippen LogP contribution >= 0.6 is 0 Å². The molecule has 0 aromatic heterocycles. The molecule has 4 N–H and O–H groups in total. The number of hydrogen-bond donors (Lipinski definition) is 4. The van der Waals surface area contributed by atoms with Gasteiger partial charge < -0.3 is 24.9 Å². The molecule has 0 saturated heterocycles. The Kier molecular flexibility index (Phi) is 13.0. The molecule has 0 aliphatic heterocycles. The van der Waals surface area contributed by atoms with Crippen molar-refractivity contribution < 1.29 is 24.9 Å². The first kappa shape index (κ1) is 14.4. The molecule has 0 saturated carbocycles. The van der Waals surface area contributed by atoms with Crippen LogP contribution in [0.1, 0.15) is 20.3 Å². The van der Waals surface area contributed by atoms with E-state index in [1.165, 1.54) is 6.92 Å². The van der Waals surface area contributed by atoms with E-state index in [1.807, 2.05) is 6.92 Å². The maximum Gasteiger partial charge on any atom is 0.633 e. The van der Waals surface area contributed by atoms with Crippen LogP contribution in [0.25, 0.3) is 0 Å². The van der Waals surface area contributed by atoms with Crippen molar-refractivity contribution in [1.82, 2.24) is 0 Å². The molecule has 6 heteroatoms. The standard InChI is InChI=1S/C3H9BO3.C3H8O2/c1-2-3-7-4(5)6;1-3(5)2-4/h5-6H,2-3H2,1H3;3-5H,2H2,1H3. The van der Waals surface area contributed by atoms with Gasteiger partial charge in [0, 0.05) is 6.61 Å². The molecule has 1 atom stereocenters. The Hall–Kier alpha value is -0.135. The van der Waals surface area contributed by atoms with Gasteiger partial charge >= 0.3 is 7.32 Å². The molecule has 0 rings (SSSR count). The van der Waals surface area contributed by atoms with E-state index in [1.54, 1.807) is 0 Å². The van der Waals surface area contributed by atoms with Gasteiger partial charge in [-0.15, -0.1) is 0 Å². The average molecular weight is 180 g/mol. The molecule has 0 heterocycles. The molecule has 0 spiro atoms. The fourth-order valence-electron chi connectivity index (χ4n) is 0.223. The summed E-state index contributed by atoms with van der Waals surface area (Å²) in [7, 11) is -1.60. The summed E-state index contributed by atoms with van der Waals surface area (Å²) in [6, 6.07) is 0. The maximum atomic E-state index is 8.11. The lowest BCUT2D eigenvalue weighted by Gasteiger charge is -1.95. The second kappa shape index (κ2) is 10.9.